The molecule has 5 rings (SSSR count). The summed E-state index contributed by atoms with van der Waals surface area (Å²) in [6.07, 6.45) is 3.62. The molecule has 1 aliphatic heterocycles. The Hall–Kier alpha value is -3.82. The Morgan fingerprint density at radius 2 is 1.62 bits per heavy atom. The number of fused-ring (bicyclic) bond motifs is 1. The van der Waals surface area contributed by atoms with Gasteiger partial charge in [0, 0.05) is 56.9 Å². The van der Waals surface area contributed by atoms with Gasteiger partial charge >= 0.3 is 0 Å². The first-order valence-electron chi connectivity index (χ1n) is 12.4. The van der Waals surface area contributed by atoms with Crippen molar-refractivity contribution < 1.29 is 14.2 Å². The number of nitrogens with zero attached hydrogens (tertiary/aromatic N) is 4. The number of benzene rings is 2. The average molecular weight is 504 g/mol. The van der Waals surface area contributed by atoms with Crippen molar-refractivity contribution in [3.05, 3.63) is 70.3 Å². The third-order valence-electron chi connectivity index (χ3n) is 6.98. The topological polar surface area (TPSA) is 82.8 Å². The molecule has 0 spiro atoms. The monoisotopic (exact) mass is 503 g/mol. The lowest BCUT2D eigenvalue weighted by Crippen LogP contribution is -2.43. The van der Waals surface area contributed by atoms with Crippen molar-refractivity contribution in [2.75, 3.05) is 47.5 Å². The van der Waals surface area contributed by atoms with Gasteiger partial charge in [-0.1, -0.05) is 12.1 Å². The van der Waals surface area contributed by atoms with Crippen LogP contribution in [0.4, 0.5) is 0 Å². The van der Waals surface area contributed by atoms with Crippen molar-refractivity contribution in [1.82, 2.24) is 24.6 Å². The van der Waals surface area contributed by atoms with Crippen molar-refractivity contribution in [2.24, 2.45) is 7.05 Å². The lowest BCUT2D eigenvalue weighted by molar-refractivity contribution is 0.226. The second-order valence-corrected chi connectivity index (χ2v) is 9.26. The van der Waals surface area contributed by atoms with E-state index in [0.29, 0.717) is 12.1 Å². The minimum atomic E-state index is -0.0981. The normalized spacial score (nSPS) is 14.2. The van der Waals surface area contributed by atoms with Crippen LogP contribution in [0.5, 0.6) is 17.2 Å². The summed E-state index contributed by atoms with van der Waals surface area (Å²) in [6, 6.07) is 11.8. The van der Waals surface area contributed by atoms with Gasteiger partial charge in [0.1, 0.15) is 22.8 Å². The van der Waals surface area contributed by atoms with Crippen LogP contribution < -0.4 is 25.1 Å². The number of aromatic nitrogens is 3. The molecule has 2 aromatic heterocycles. The molecule has 0 saturated carbocycles. The van der Waals surface area contributed by atoms with Gasteiger partial charge in [-0.2, -0.15) is 5.10 Å². The molecule has 37 heavy (non-hydrogen) atoms. The fourth-order valence-corrected chi connectivity index (χ4v) is 4.94. The van der Waals surface area contributed by atoms with Crippen LogP contribution in [0.15, 0.2) is 53.6 Å². The smallest absolute Gasteiger partial charge is 0.276 e. The van der Waals surface area contributed by atoms with Crippen LogP contribution in [-0.4, -0.2) is 66.8 Å². The van der Waals surface area contributed by atoms with E-state index in [9.17, 15) is 4.79 Å². The highest BCUT2D eigenvalue weighted by atomic mass is 16.5. The predicted octanol–water partition coefficient (Wildman–Crippen LogP) is 2.88. The van der Waals surface area contributed by atoms with Crippen molar-refractivity contribution in [3.8, 4) is 28.4 Å². The molecule has 0 amide bonds. The molecular formula is C28H33N5O4. The largest absolute Gasteiger partial charge is 0.497 e. The maximum atomic E-state index is 13.2. The molecule has 0 atom stereocenters. The van der Waals surface area contributed by atoms with Crippen LogP contribution in [0.25, 0.3) is 22.0 Å². The Kier molecular flexibility index (Phi) is 7.16. The number of hydrogen-bond donors (Lipinski definition) is 1. The van der Waals surface area contributed by atoms with Crippen LogP contribution in [-0.2, 0) is 20.1 Å². The summed E-state index contributed by atoms with van der Waals surface area (Å²) < 4.78 is 20.3. The van der Waals surface area contributed by atoms with Crippen LogP contribution in [0.1, 0.15) is 11.1 Å². The lowest BCUT2D eigenvalue weighted by Gasteiger charge is -2.28. The molecule has 3 heterocycles. The number of nitrogens with one attached hydrogen (secondary N) is 1. The van der Waals surface area contributed by atoms with E-state index in [1.54, 1.807) is 43.8 Å². The molecule has 4 aromatic rings. The fourth-order valence-electron chi connectivity index (χ4n) is 4.94. The van der Waals surface area contributed by atoms with E-state index < -0.39 is 0 Å². The Bertz CT molecular complexity index is 1430. The summed E-state index contributed by atoms with van der Waals surface area (Å²) in [7, 11) is 6.78. The number of piperazine rings is 1. The second-order valence-electron chi connectivity index (χ2n) is 9.26. The molecule has 9 heteroatoms. The third-order valence-corrected chi connectivity index (χ3v) is 6.98. The summed E-state index contributed by atoms with van der Waals surface area (Å²) in [5.74, 6) is 2.32. The van der Waals surface area contributed by atoms with Crippen molar-refractivity contribution in [3.63, 3.8) is 0 Å². The van der Waals surface area contributed by atoms with E-state index in [0.717, 1.165) is 77.6 Å². The van der Waals surface area contributed by atoms with Gasteiger partial charge in [-0.3, -0.25) is 14.4 Å². The van der Waals surface area contributed by atoms with Gasteiger partial charge in [0.05, 0.1) is 39.6 Å². The molecule has 1 fully saturated rings. The zero-order valence-electron chi connectivity index (χ0n) is 21.8. The van der Waals surface area contributed by atoms with Crippen LogP contribution in [0, 0.1) is 0 Å². The molecule has 9 nitrogen and oxygen atoms in total. The fraction of sp³-hybridized carbons (Fsp3) is 0.357. The molecule has 1 saturated heterocycles. The quantitative estimate of drug-likeness (QED) is 0.396. The average Bonchev–Trinajstić information content (AvgIpc) is 3.35. The minimum Gasteiger partial charge on any atom is -0.497 e. The highest BCUT2D eigenvalue weighted by Gasteiger charge is 2.21. The summed E-state index contributed by atoms with van der Waals surface area (Å²) in [4.78, 5) is 15.6. The molecule has 0 radical (unpaired) electrons. The first-order chi connectivity index (χ1) is 18.0. The molecule has 0 unspecified atom stereocenters. The lowest BCUT2D eigenvalue weighted by atomic mass is 10.00. The van der Waals surface area contributed by atoms with E-state index in [2.05, 4.69) is 15.3 Å². The Morgan fingerprint density at radius 3 is 2.24 bits per heavy atom. The molecule has 194 valence electrons. The highest BCUT2D eigenvalue weighted by molar-refractivity contribution is 5.94. The van der Waals surface area contributed by atoms with E-state index >= 15 is 0 Å². The first-order valence-corrected chi connectivity index (χ1v) is 12.4. The summed E-state index contributed by atoms with van der Waals surface area (Å²) >= 11 is 0. The number of pyridine rings is 1. The van der Waals surface area contributed by atoms with Crippen molar-refractivity contribution in [2.45, 2.75) is 13.1 Å². The molecule has 1 aliphatic rings. The van der Waals surface area contributed by atoms with Gasteiger partial charge in [0.15, 0.2) is 0 Å². The van der Waals surface area contributed by atoms with E-state index in [1.807, 2.05) is 42.6 Å². The van der Waals surface area contributed by atoms with Gasteiger partial charge in [-0.15, -0.1) is 0 Å². The number of hydrogen-bond acceptors (Lipinski definition) is 7. The zero-order chi connectivity index (χ0) is 25.9. The summed E-state index contributed by atoms with van der Waals surface area (Å²) in [6.45, 7) is 5.11. The SMILES string of the molecule is COc1ccc(Cn2ncc3c(-c4cc(OC)c(CN5CCNCC5)c(OC)c4)cn(C)c(=O)c32)cc1. The molecule has 2 aromatic carbocycles. The maximum Gasteiger partial charge on any atom is 0.276 e. The second kappa shape index (κ2) is 10.7. The van der Waals surface area contributed by atoms with Gasteiger partial charge < -0.3 is 24.1 Å². The summed E-state index contributed by atoms with van der Waals surface area (Å²) in [5, 5.41) is 8.78. The van der Waals surface area contributed by atoms with Gasteiger partial charge in [0.2, 0.25) is 0 Å². The minimum absolute atomic E-state index is 0.0981. The van der Waals surface area contributed by atoms with Crippen LogP contribution in [0.3, 0.4) is 0 Å². The van der Waals surface area contributed by atoms with Gasteiger partial charge in [-0.25, -0.2) is 0 Å². The first kappa shape index (κ1) is 24.9. The Morgan fingerprint density at radius 1 is 0.946 bits per heavy atom. The standard InChI is InChI=1S/C28H33N5O4/c1-31-17-23(20-13-25(36-3)24(26(14-20)37-4)18-32-11-9-29-10-12-32)22-15-30-33(27(22)28(31)34)16-19-5-7-21(35-2)8-6-19/h5-8,13-15,17,29H,9-12,16,18H2,1-4H3. The van der Waals surface area contributed by atoms with Gasteiger partial charge in [-0.05, 0) is 35.4 Å². The van der Waals surface area contributed by atoms with Crippen LogP contribution in [0.2, 0.25) is 0 Å². The van der Waals surface area contributed by atoms with E-state index in [4.69, 9.17) is 14.2 Å². The number of rotatable bonds is 8. The molecule has 1 N–H and O–H groups in total. The summed E-state index contributed by atoms with van der Waals surface area (Å²) in [5.41, 5.74) is 4.30. The van der Waals surface area contributed by atoms with Crippen molar-refractivity contribution >= 4 is 10.9 Å². The third kappa shape index (κ3) is 4.92. The maximum absolute atomic E-state index is 13.2. The molecule has 0 bridgehead atoms. The van der Waals surface area contributed by atoms with Crippen LogP contribution >= 0.6 is 0 Å². The van der Waals surface area contributed by atoms with Gasteiger partial charge in [0.25, 0.3) is 5.56 Å². The Labute approximate surface area is 216 Å². The van der Waals surface area contributed by atoms with E-state index in [-0.39, 0.29) is 5.56 Å². The molecule has 0 aliphatic carbocycles. The molecular weight excluding hydrogens is 470 g/mol. The van der Waals surface area contributed by atoms with E-state index in [1.165, 1.54) is 0 Å². The highest BCUT2D eigenvalue weighted by Crippen LogP contribution is 2.38. The number of ether oxygens (including phenoxy) is 3. The predicted molar refractivity (Wildman–Crippen MR) is 144 cm³/mol. The number of methoxy groups -OCH3 is 3. The van der Waals surface area contributed by atoms with Crippen molar-refractivity contribution in [1.29, 1.82) is 0 Å². The Balaban J connectivity index is 1.57. The zero-order valence-corrected chi connectivity index (χ0v) is 21.8. The number of aryl methyl sites for hydroxylation is 1.